The molecule has 1 aliphatic rings. The van der Waals surface area contributed by atoms with Crippen LogP contribution in [-0.4, -0.2) is 41.5 Å². The van der Waals surface area contributed by atoms with E-state index in [0.717, 1.165) is 12.2 Å². The molecule has 23 heavy (non-hydrogen) atoms. The van der Waals surface area contributed by atoms with Crippen LogP contribution in [0, 0.1) is 0 Å². The highest BCUT2D eigenvalue weighted by atomic mass is 35.5. The van der Waals surface area contributed by atoms with Gasteiger partial charge >= 0.3 is 0 Å². The summed E-state index contributed by atoms with van der Waals surface area (Å²) < 4.78 is 7.01. The summed E-state index contributed by atoms with van der Waals surface area (Å²) in [5, 5.41) is 10.8. The van der Waals surface area contributed by atoms with Crippen LogP contribution in [0.5, 0.6) is 0 Å². The third-order valence-electron chi connectivity index (χ3n) is 3.41. The molecule has 1 fully saturated rings. The quantitative estimate of drug-likeness (QED) is 0.881. The van der Waals surface area contributed by atoms with Crippen LogP contribution in [0.3, 0.4) is 0 Å². The summed E-state index contributed by atoms with van der Waals surface area (Å²) in [6.45, 7) is 2.04. The fourth-order valence-corrected chi connectivity index (χ4v) is 2.64. The number of nitrogens with zero attached hydrogens (tertiary/aromatic N) is 2. The summed E-state index contributed by atoms with van der Waals surface area (Å²) in [6.07, 6.45) is 3.87. The Kier molecular flexibility index (Phi) is 6.41. The number of anilines is 1. The van der Waals surface area contributed by atoms with Crippen LogP contribution in [0.1, 0.15) is 6.42 Å². The average molecular weight is 357 g/mol. The number of hydrogen-bond donors (Lipinski definition) is 2. The van der Waals surface area contributed by atoms with E-state index in [-0.39, 0.29) is 24.4 Å². The zero-order chi connectivity index (χ0) is 15.4. The molecule has 1 atom stereocenters. The smallest absolute Gasteiger partial charge is 0.226 e. The number of halogens is 2. The van der Waals surface area contributed by atoms with Gasteiger partial charge in [-0.05, 0) is 24.3 Å². The minimum atomic E-state index is -0.0640. The fraction of sp³-hybridized carbons (Fsp3) is 0.333. The second-order valence-corrected chi connectivity index (χ2v) is 5.50. The molecule has 6 nitrogen and oxygen atoms in total. The van der Waals surface area contributed by atoms with Crippen LogP contribution < -0.4 is 10.6 Å². The zero-order valence-electron chi connectivity index (χ0n) is 12.4. The van der Waals surface area contributed by atoms with Gasteiger partial charge in [-0.15, -0.1) is 12.4 Å². The van der Waals surface area contributed by atoms with Crippen molar-refractivity contribution in [1.29, 1.82) is 0 Å². The molecule has 0 saturated carbocycles. The van der Waals surface area contributed by atoms with E-state index in [2.05, 4.69) is 15.7 Å². The minimum absolute atomic E-state index is 0. The number of carbonyl (C=O) groups excluding carboxylic acids is 1. The van der Waals surface area contributed by atoms with Crippen LogP contribution in [-0.2, 0) is 9.53 Å². The van der Waals surface area contributed by atoms with Crippen molar-refractivity contribution in [3.05, 3.63) is 41.7 Å². The molecule has 0 aliphatic carbocycles. The standard InChI is InChI=1S/C15H17ClN4O2.ClH/c16-13-8-11(2-3-14(13)20-6-1-4-18-20)19-15(21)9-12-10-22-7-5-17-12;/h1-4,6,8,12,17H,5,7,9-10H2,(H,19,21);1H. The number of rotatable bonds is 4. The van der Waals surface area contributed by atoms with Crippen LogP contribution >= 0.6 is 24.0 Å². The van der Waals surface area contributed by atoms with Gasteiger partial charge in [-0.25, -0.2) is 4.68 Å². The highest BCUT2D eigenvalue weighted by molar-refractivity contribution is 6.32. The van der Waals surface area contributed by atoms with Crippen molar-refractivity contribution in [1.82, 2.24) is 15.1 Å². The minimum Gasteiger partial charge on any atom is -0.378 e. The predicted octanol–water partition coefficient (Wildman–Crippen LogP) is 2.26. The maximum atomic E-state index is 12.0. The van der Waals surface area contributed by atoms with Gasteiger partial charge in [0.2, 0.25) is 5.91 Å². The Morgan fingerprint density at radius 2 is 2.39 bits per heavy atom. The lowest BCUT2D eigenvalue weighted by Crippen LogP contribution is -2.43. The summed E-state index contributed by atoms with van der Waals surface area (Å²) in [6, 6.07) is 7.25. The first-order valence-electron chi connectivity index (χ1n) is 7.13. The normalized spacial score (nSPS) is 17.3. The summed E-state index contributed by atoms with van der Waals surface area (Å²) in [7, 11) is 0. The van der Waals surface area contributed by atoms with Crippen molar-refractivity contribution in [3.8, 4) is 5.69 Å². The van der Waals surface area contributed by atoms with Gasteiger partial charge in [0.1, 0.15) is 0 Å². The van der Waals surface area contributed by atoms with Gasteiger partial charge in [-0.3, -0.25) is 4.79 Å². The fourth-order valence-electron chi connectivity index (χ4n) is 2.37. The second kappa shape index (κ2) is 8.31. The zero-order valence-corrected chi connectivity index (χ0v) is 13.9. The van der Waals surface area contributed by atoms with Gasteiger partial charge in [0.05, 0.1) is 23.9 Å². The van der Waals surface area contributed by atoms with E-state index in [1.54, 1.807) is 16.9 Å². The third kappa shape index (κ3) is 4.68. The molecule has 1 unspecified atom stereocenters. The number of morpholine rings is 1. The molecule has 8 heteroatoms. The van der Waals surface area contributed by atoms with E-state index >= 15 is 0 Å². The average Bonchev–Trinajstić information content (AvgIpc) is 3.02. The number of amides is 1. The maximum Gasteiger partial charge on any atom is 0.226 e. The molecule has 1 saturated heterocycles. The number of hydrogen-bond acceptors (Lipinski definition) is 4. The number of benzene rings is 1. The van der Waals surface area contributed by atoms with Crippen molar-refractivity contribution < 1.29 is 9.53 Å². The van der Waals surface area contributed by atoms with E-state index < -0.39 is 0 Å². The van der Waals surface area contributed by atoms with Crippen LogP contribution in [0.4, 0.5) is 5.69 Å². The molecule has 2 N–H and O–H groups in total. The molecule has 0 radical (unpaired) electrons. The lowest BCUT2D eigenvalue weighted by molar-refractivity contribution is -0.117. The molecule has 2 aromatic rings. The SMILES string of the molecule is Cl.O=C(CC1COCCN1)Nc1ccc(-n2cccn2)c(Cl)c1. The van der Waals surface area contributed by atoms with Gasteiger partial charge in [0, 0.05) is 37.1 Å². The van der Waals surface area contributed by atoms with Crippen molar-refractivity contribution in [3.63, 3.8) is 0 Å². The molecule has 1 aromatic heterocycles. The van der Waals surface area contributed by atoms with E-state index in [0.29, 0.717) is 30.3 Å². The molecule has 1 aromatic carbocycles. The highest BCUT2D eigenvalue weighted by Crippen LogP contribution is 2.24. The van der Waals surface area contributed by atoms with Crippen molar-refractivity contribution in [2.75, 3.05) is 25.1 Å². The van der Waals surface area contributed by atoms with Gasteiger partial charge < -0.3 is 15.4 Å². The number of carbonyl (C=O) groups is 1. The Hall–Kier alpha value is -1.60. The molecule has 0 spiro atoms. The molecule has 1 amide bonds. The third-order valence-corrected chi connectivity index (χ3v) is 3.72. The van der Waals surface area contributed by atoms with Crippen LogP contribution in [0.15, 0.2) is 36.7 Å². The van der Waals surface area contributed by atoms with E-state index in [1.165, 1.54) is 0 Å². The Labute approximate surface area is 145 Å². The molecule has 2 heterocycles. The second-order valence-electron chi connectivity index (χ2n) is 5.10. The molecule has 124 valence electrons. The van der Waals surface area contributed by atoms with Crippen molar-refractivity contribution in [2.24, 2.45) is 0 Å². The summed E-state index contributed by atoms with van der Waals surface area (Å²) in [5.41, 5.74) is 1.44. The topological polar surface area (TPSA) is 68.2 Å². The summed E-state index contributed by atoms with van der Waals surface area (Å²) >= 11 is 6.25. The van der Waals surface area contributed by atoms with Gasteiger partial charge in [-0.2, -0.15) is 5.10 Å². The number of aromatic nitrogens is 2. The highest BCUT2D eigenvalue weighted by Gasteiger charge is 2.17. The van der Waals surface area contributed by atoms with E-state index in [1.807, 2.05) is 24.4 Å². The Morgan fingerprint density at radius 1 is 1.52 bits per heavy atom. The van der Waals surface area contributed by atoms with Gasteiger partial charge in [-0.1, -0.05) is 11.6 Å². The molecular weight excluding hydrogens is 339 g/mol. The first-order valence-corrected chi connectivity index (χ1v) is 7.51. The number of nitrogens with one attached hydrogen (secondary N) is 2. The van der Waals surface area contributed by atoms with Crippen LogP contribution in [0.25, 0.3) is 5.69 Å². The van der Waals surface area contributed by atoms with Gasteiger partial charge in [0.25, 0.3) is 0 Å². The van der Waals surface area contributed by atoms with Crippen molar-refractivity contribution in [2.45, 2.75) is 12.5 Å². The van der Waals surface area contributed by atoms with Crippen molar-refractivity contribution >= 4 is 35.6 Å². The number of ether oxygens (including phenoxy) is 1. The first-order chi connectivity index (χ1) is 10.7. The Morgan fingerprint density at radius 3 is 3.04 bits per heavy atom. The lowest BCUT2D eigenvalue weighted by atomic mass is 10.2. The maximum absolute atomic E-state index is 12.0. The molecule has 1 aliphatic heterocycles. The van der Waals surface area contributed by atoms with Gasteiger partial charge in [0.15, 0.2) is 0 Å². The summed E-state index contributed by atoms with van der Waals surface area (Å²) in [4.78, 5) is 12.0. The first kappa shape index (κ1) is 17.7. The molecule has 0 bridgehead atoms. The van der Waals surface area contributed by atoms with E-state index in [4.69, 9.17) is 16.3 Å². The van der Waals surface area contributed by atoms with Crippen LogP contribution in [0.2, 0.25) is 5.02 Å². The molecular formula is C15H18Cl2N4O2. The Balaban J connectivity index is 0.00000192. The Bertz CT molecular complexity index is 643. The summed E-state index contributed by atoms with van der Waals surface area (Å²) in [5.74, 6) is -0.0640. The van der Waals surface area contributed by atoms with E-state index in [9.17, 15) is 4.79 Å². The largest absolute Gasteiger partial charge is 0.378 e. The lowest BCUT2D eigenvalue weighted by Gasteiger charge is -2.23. The molecule has 3 rings (SSSR count). The predicted molar refractivity (Wildman–Crippen MR) is 91.7 cm³/mol. The monoisotopic (exact) mass is 356 g/mol.